The zero-order valence-corrected chi connectivity index (χ0v) is 19.2. The second-order valence-electron chi connectivity index (χ2n) is 7.75. The molecule has 158 valence electrons. The van der Waals surface area contributed by atoms with Crippen LogP contribution in [0.4, 0.5) is 0 Å². The molecular weight excluding hydrogens is 402 g/mol. The first kappa shape index (κ1) is 22.1. The van der Waals surface area contributed by atoms with Gasteiger partial charge in [0.2, 0.25) is 0 Å². The number of nitrogens with zero attached hydrogens (tertiary/aromatic N) is 3. The summed E-state index contributed by atoms with van der Waals surface area (Å²) in [5.41, 5.74) is 2.41. The molecule has 1 aliphatic rings. The number of halogens is 1. The lowest BCUT2D eigenvalue weighted by molar-refractivity contribution is 0.122. The van der Waals surface area contributed by atoms with Crippen LogP contribution in [0.1, 0.15) is 41.6 Å². The summed E-state index contributed by atoms with van der Waals surface area (Å²) in [6.07, 6.45) is 4.48. The molecule has 1 aromatic heterocycles. The third-order valence-electron chi connectivity index (χ3n) is 5.48. The Bertz CT molecular complexity index is 806. The van der Waals surface area contributed by atoms with E-state index in [9.17, 15) is 0 Å². The Labute approximate surface area is 183 Å². The van der Waals surface area contributed by atoms with E-state index in [2.05, 4.69) is 56.1 Å². The summed E-state index contributed by atoms with van der Waals surface area (Å²) in [4.78, 5) is 11.4. The van der Waals surface area contributed by atoms with E-state index >= 15 is 0 Å². The Morgan fingerprint density at radius 1 is 1.38 bits per heavy atom. The van der Waals surface area contributed by atoms with E-state index in [4.69, 9.17) is 11.6 Å². The summed E-state index contributed by atoms with van der Waals surface area (Å²) in [5, 5.41) is 11.1. The Balaban J connectivity index is 1.50. The lowest BCUT2D eigenvalue weighted by atomic mass is 9.85. The van der Waals surface area contributed by atoms with Crippen molar-refractivity contribution in [2.24, 2.45) is 10.9 Å². The van der Waals surface area contributed by atoms with Gasteiger partial charge in [-0.15, -0.1) is 11.3 Å². The fraction of sp³-hybridized carbons (Fsp3) is 0.545. The topological polar surface area (TPSA) is 52.6 Å². The van der Waals surface area contributed by atoms with Crippen molar-refractivity contribution in [3.63, 3.8) is 0 Å². The number of piperidine rings is 1. The first-order chi connectivity index (χ1) is 14.1. The fourth-order valence-electron chi connectivity index (χ4n) is 4.10. The number of likely N-dealkylation sites (tertiary alicyclic amines) is 1. The van der Waals surface area contributed by atoms with Crippen molar-refractivity contribution >= 4 is 28.9 Å². The predicted octanol–water partition coefficient (Wildman–Crippen LogP) is 4.29. The summed E-state index contributed by atoms with van der Waals surface area (Å²) >= 11 is 8.00. The largest absolute Gasteiger partial charge is 0.356 e. The van der Waals surface area contributed by atoms with Crippen LogP contribution in [-0.4, -0.2) is 49.6 Å². The average Bonchev–Trinajstić information content (AvgIpc) is 3.12. The van der Waals surface area contributed by atoms with E-state index in [0.717, 1.165) is 49.2 Å². The highest BCUT2D eigenvalue weighted by Crippen LogP contribution is 2.35. The summed E-state index contributed by atoms with van der Waals surface area (Å²) in [7, 11) is 4.05. The van der Waals surface area contributed by atoms with Crippen LogP contribution in [0.5, 0.6) is 0 Å². The van der Waals surface area contributed by atoms with E-state index in [1.807, 2.05) is 20.0 Å². The number of aryl methyl sites for hydroxylation is 2. The molecule has 2 atom stereocenters. The second kappa shape index (κ2) is 11.0. The van der Waals surface area contributed by atoms with Gasteiger partial charge in [-0.2, -0.15) is 0 Å². The van der Waals surface area contributed by atoms with E-state index in [0.29, 0.717) is 12.0 Å². The highest BCUT2D eigenvalue weighted by atomic mass is 35.5. The molecular formula is C22H32ClN5S. The molecule has 1 saturated heterocycles. The number of aliphatic imine (C=N–C) groups is 1. The fourth-order valence-corrected chi connectivity index (χ4v) is 5.12. The maximum atomic E-state index is 6.26. The molecule has 5 nitrogen and oxygen atoms in total. The third kappa shape index (κ3) is 6.43. The van der Waals surface area contributed by atoms with Crippen molar-refractivity contribution in [2.45, 2.75) is 38.6 Å². The van der Waals surface area contributed by atoms with Gasteiger partial charge in [0.05, 0.1) is 5.01 Å². The van der Waals surface area contributed by atoms with Gasteiger partial charge in [-0.3, -0.25) is 9.89 Å². The van der Waals surface area contributed by atoms with Gasteiger partial charge in [-0.25, -0.2) is 4.98 Å². The Morgan fingerprint density at radius 2 is 2.24 bits per heavy atom. The quantitative estimate of drug-likeness (QED) is 0.388. The zero-order valence-electron chi connectivity index (χ0n) is 17.6. The molecule has 3 rings (SSSR count). The number of hydrogen-bond donors (Lipinski definition) is 2. The molecule has 0 saturated carbocycles. The van der Waals surface area contributed by atoms with E-state index in [1.165, 1.54) is 23.4 Å². The molecule has 2 N–H and O–H groups in total. The zero-order chi connectivity index (χ0) is 20.6. The lowest BCUT2D eigenvalue weighted by Gasteiger charge is -2.40. The molecule has 2 unspecified atom stereocenters. The average molecular weight is 434 g/mol. The number of hydrogen-bond acceptors (Lipinski definition) is 4. The standard InChI is InChI=1S/C22H32ClN5S/c1-16-15-29-20(27-16)10-5-11-25-22(24-2)26-14-18-8-6-12-28(3)21(18)17-7-4-9-19(23)13-17/h4,7,9,13,15,18,21H,5-6,8,10-12,14H2,1-3H3,(H2,24,25,26). The van der Waals surface area contributed by atoms with Crippen molar-refractivity contribution in [1.29, 1.82) is 0 Å². The van der Waals surface area contributed by atoms with Crippen molar-refractivity contribution < 1.29 is 0 Å². The Kier molecular flexibility index (Phi) is 8.33. The number of rotatable bonds is 7. The molecule has 0 amide bonds. The van der Waals surface area contributed by atoms with Gasteiger partial charge in [0.25, 0.3) is 0 Å². The van der Waals surface area contributed by atoms with Gasteiger partial charge in [-0.05, 0) is 63.4 Å². The van der Waals surface area contributed by atoms with Crippen LogP contribution in [-0.2, 0) is 6.42 Å². The smallest absolute Gasteiger partial charge is 0.190 e. The SMILES string of the molecule is CN=C(NCCCc1nc(C)cs1)NCC1CCCN(C)C1c1cccc(Cl)c1. The minimum absolute atomic E-state index is 0.376. The molecule has 1 fully saturated rings. The van der Waals surface area contributed by atoms with Crippen molar-refractivity contribution in [3.8, 4) is 0 Å². The van der Waals surface area contributed by atoms with Crippen LogP contribution in [0.2, 0.25) is 5.02 Å². The van der Waals surface area contributed by atoms with Crippen LogP contribution < -0.4 is 10.6 Å². The molecule has 1 aliphatic heterocycles. The minimum atomic E-state index is 0.376. The molecule has 0 radical (unpaired) electrons. The maximum absolute atomic E-state index is 6.26. The molecule has 0 aliphatic carbocycles. The number of benzene rings is 1. The minimum Gasteiger partial charge on any atom is -0.356 e. The maximum Gasteiger partial charge on any atom is 0.190 e. The second-order valence-corrected chi connectivity index (χ2v) is 9.13. The number of thiazole rings is 1. The van der Waals surface area contributed by atoms with E-state index in [1.54, 1.807) is 11.3 Å². The van der Waals surface area contributed by atoms with Crippen molar-refractivity contribution in [1.82, 2.24) is 20.5 Å². The number of guanidine groups is 1. The van der Waals surface area contributed by atoms with Crippen LogP contribution in [0.15, 0.2) is 34.6 Å². The highest BCUT2D eigenvalue weighted by molar-refractivity contribution is 7.09. The summed E-state index contributed by atoms with van der Waals surface area (Å²) in [6.45, 7) is 4.95. The molecule has 0 spiro atoms. The molecule has 0 bridgehead atoms. The van der Waals surface area contributed by atoms with Crippen LogP contribution in [0, 0.1) is 12.8 Å². The monoisotopic (exact) mass is 433 g/mol. The summed E-state index contributed by atoms with van der Waals surface area (Å²) in [5.74, 6) is 1.39. The van der Waals surface area contributed by atoms with Gasteiger partial charge >= 0.3 is 0 Å². The van der Waals surface area contributed by atoms with Gasteiger partial charge in [0.15, 0.2) is 5.96 Å². The predicted molar refractivity (Wildman–Crippen MR) is 124 cm³/mol. The highest BCUT2D eigenvalue weighted by Gasteiger charge is 2.30. The molecule has 29 heavy (non-hydrogen) atoms. The lowest BCUT2D eigenvalue weighted by Crippen LogP contribution is -2.45. The third-order valence-corrected chi connectivity index (χ3v) is 6.74. The summed E-state index contributed by atoms with van der Waals surface area (Å²) in [6, 6.07) is 8.67. The Morgan fingerprint density at radius 3 is 2.97 bits per heavy atom. The van der Waals surface area contributed by atoms with Gasteiger partial charge in [0.1, 0.15) is 0 Å². The van der Waals surface area contributed by atoms with Crippen LogP contribution in [0.25, 0.3) is 0 Å². The summed E-state index contributed by atoms with van der Waals surface area (Å²) < 4.78 is 0. The Hall–Kier alpha value is -1.63. The van der Waals surface area contributed by atoms with Gasteiger partial charge < -0.3 is 10.6 Å². The molecule has 1 aromatic carbocycles. The van der Waals surface area contributed by atoms with Gasteiger partial charge in [0, 0.05) is 48.7 Å². The van der Waals surface area contributed by atoms with Crippen LogP contribution in [0.3, 0.4) is 0 Å². The first-order valence-corrected chi connectivity index (χ1v) is 11.6. The number of aromatic nitrogens is 1. The van der Waals surface area contributed by atoms with Crippen molar-refractivity contribution in [3.05, 3.63) is 50.9 Å². The van der Waals surface area contributed by atoms with E-state index in [-0.39, 0.29) is 0 Å². The number of nitrogens with one attached hydrogen (secondary N) is 2. The molecule has 7 heteroatoms. The van der Waals surface area contributed by atoms with Gasteiger partial charge in [-0.1, -0.05) is 23.7 Å². The molecule has 2 heterocycles. The van der Waals surface area contributed by atoms with Crippen molar-refractivity contribution in [2.75, 3.05) is 33.7 Å². The van der Waals surface area contributed by atoms with E-state index < -0.39 is 0 Å². The first-order valence-electron chi connectivity index (χ1n) is 10.4. The van der Waals surface area contributed by atoms with Crippen LogP contribution >= 0.6 is 22.9 Å². The molecule has 2 aromatic rings. The normalized spacial score (nSPS) is 20.6.